The van der Waals surface area contributed by atoms with Crippen molar-refractivity contribution in [2.45, 2.75) is 56.8 Å². The van der Waals surface area contributed by atoms with Crippen LogP contribution in [0.2, 0.25) is 0 Å². The van der Waals surface area contributed by atoms with Gasteiger partial charge in [0.15, 0.2) is 0 Å². The molecule has 0 spiro atoms. The average Bonchev–Trinajstić information content (AvgIpc) is 2.59. The molecular weight excluding hydrogens is 378 g/mol. The zero-order valence-electron chi connectivity index (χ0n) is 13.4. The van der Waals surface area contributed by atoms with Crippen molar-refractivity contribution in [1.82, 2.24) is 14.9 Å². The summed E-state index contributed by atoms with van der Waals surface area (Å²) in [6, 6.07) is 0. The van der Waals surface area contributed by atoms with Crippen LogP contribution in [0.3, 0.4) is 0 Å². The second-order valence-corrected chi connectivity index (χ2v) is 7.11. The molecule has 7 nitrogen and oxygen atoms in total. The van der Waals surface area contributed by atoms with Gasteiger partial charge in [-0.2, -0.15) is 0 Å². The summed E-state index contributed by atoms with van der Waals surface area (Å²) in [5.74, 6) is 0.559. The smallest absolute Gasteiger partial charge is 0.407 e. The van der Waals surface area contributed by atoms with Crippen LogP contribution in [0, 0.1) is 0 Å². The van der Waals surface area contributed by atoms with Crippen molar-refractivity contribution in [2.75, 3.05) is 13.1 Å². The van der Waals surface area contributed by atoms with Crippen molar-refractivity contribution in [3.63, 3.8) is 0 Å². The molecule has 1 amide bonds. The van der Waals surface area contributed by atoms with Crippen LogP contribution in [0.1, 0.15) is 38.5 Å². The first kappa shape index (κ1) is 17.4. The first-order valence-corrected chi connectivity index (χ1v) is 9.17. The number of nitrogens with zero attached hydrogens (tertiary/aromatic N) is 3. The first-order valence-electron chi connectivity index (χ1n) is 8.37. The SMILES string of the molecule is O=C(O)N1CCC(O[C@H]2CC[C@H](Oc3cnc(Br)cn3)CC2)CC1. The number of amides is 1. The average molecular weight is 400 g/mol. The van der Waals surface area contributed by atoms with Crippen LogP contribution >= 0.6 is 15.9 Å². The molecule has 1 aliphatic heterocycles. The zero-order chi connectivity index (χ0) is 16.9. The molecule has 24 heavy (non-hydrogen) atoms. The molecule has 0 atom stereocenters. The summed E-state index contributed by atoms with van der Waals surface area (Å²) in [5, 5.41) is 8.97. The van der Waals surface area contributed by atoms with Crippen LogP contribution in [0.4, 0.5) is 4.79 Å². The Balaban J connectivity index is 1.38. The predicted octanol–water partition coefficient (Wildman–Crippen LogP) is 3.09. The summed E-state index contributed by atoms with van der Waals surface area (Å²) in [6.07, 6.45) is 8.41. The van der Waals surface area contributed by atoms with E-state index >= 15 is 0 Å². The predicted molar refractivity (Wildman–Crippen MR) is 90.1 cm³/mol. The molecule has 1 aromatic rings. The Kier molecular flexibility index (Phi) is 5.89. The number of hydrogen-bond donors (Lipinski definition) is 1. The molecule has 1 N–H and O–H groups in total. The van der Waals surface area contributed by atoms with Crippen molar-refractivity contribution in [2.24, 2.45) is 0 Å². The maximum Gasteiger partial charge on any atom is 0.407 e. The molecule has 2 aliphatic rings. The number of hydrogen-bond acceptors (Lipinski definition) is 5. The molecule has 8 heteroatoms. The van der Waals surface area contributed by atoms with Crippen LogP contribution in [-0.2, 0) is 4.74 Å². The van der Waals surface area contributed by atoms with E-state index < -0.39 is 6.09 Å². The minimum Gasteiger partial charge on any atom is -0.473 e. The van der Waals surface area contributed by atoms with Crippen molar-refractivity contribution >= 4 is 22.0 Å². The lowest BCUT2D eigenvalue weighted by Crippen LogP contribution is -2.41. The summed E-state index contributed by atoms with van der Waals surface area (Å²) < 4.78 is 12.7. The van der Waals surface area contributed by atoms with Crippen LogP contribution in [0.15, 0.2) is 17.0 Å². The van der Waals surface area contributed by atoms with Crippen LogP contribution in [0.25, 0.3) is 0 Å². The number of ether oxygens (including phenoxy) is 2. The van der Waals surface area contributed by atoms with E-state index in [1.807, 2.05) is 0 Å². The van der Waals surface area contributed by atoms with Gasteiger partial charge in [-0.25, -0.2) is 14.8 Å². The number of carboxylic acid groups (broad SMARTS) is 1. The van der Waals surface area contributed by atoms with Gasteiger partial charge in [0.25, 0.3) is 0 Å². The molecular formula is C16H22BrN3O4. The standard InChI is InChI=1S/C16H22BrN3O4/c17-14-9-19-15(10-18-14)24-12-3-1-11(2-4-12)23-13-5-7-20(8-6-13)16(21)22/h9-13H,1-8H2,(H,21,22)/t11-,12-. The van der Waals surface area contributed by atoms with E-state index in [0.717, 1.165) is 38.5 Å². The Labute approximate surface area is 149 Å². The summed E-state index contributed by atoms with van der Waals surface area (Å²) in [6.45, 7) is 1.14. The van der Waals surface area contributed by atoms with Crippen LogP contribution < -0.4 is 4.74 Å². The lowest BCUT2D eigenvalue weighted by Gasteiger charge is -2.35. The lowest BCUT2D eigenvalue weighted by atomic mass is 9.94. The van der Waals surface area contributed by atoms with Gasteiger partial charge in [0.1, 0.15) is 10.7 Å². The summed E-state index contributed by atoms with van der Waals surface area (Å²) >= 11 is 3.26. The van der Waals surface area contributed by atoms with Crippen molar-refractivity contribution in [3.8, 4) is 5.88 Å². The highest BCUT2D eigenvalue weighted by Gasteiger charge is 2.28. The fourth-order valence-electron chi connectivity index (χ4n) is 3.27. The van der Waals surface area contributed by atoms with E-state index in [1.54, 1.807) is 12.4 Å². The zero-order valence-corrected chi connectivity index (χ0v) is 15.0. The van der Waals surface area contributed by atoms with Crippen molar-refractivity contribution in [3.05, 3.63) is 17.0 Å². The molecule has 0 bridgehead atoms. The Hall–Kier alpha value is -1.41. The minimum absolute atomic E-state index is 0.161. The maximum atomic E-state index is 10.9. The second kappa shape index (κ2) is 8.11. The largest absolute Gasteiger partial charge is 0.473 e. The Bertz CT molecular complexity index is 541. The summed E-state index contributed by atoms with van der Waals surface area (Å²) in [7, 11) is 0. The highest BCUT2D eigenvalue weighted by molar-refractivity contribution is 9.10. The van der Waals surface area contributed by atoms with E-state index in [1.165, 1.54) is 4.90 Å². The Morgan fingerprint density at radius 1 is 1.04 bits per heavy atom. The topological polar surface area (TPSA) is 84.8 Å². The molecule has 0 unspecified atom stereocenters. The quantitative estimate of drug-likeness (QED) is 0.836. The van der Waals surface area contributed by atoms with E-state index in [9.17, 15) is 4.79 Å². The Morgan fingerprint density at radius 2 is 1.67 bits per heavy atom. The monoisotopic (exact) mass is 399 g/mol. The van der Waals surface area contributed by atoms with Gasteiger partial charge >= 0.3 is 6.09 Å². The normalized spacial score (nSPS) is 25.5. The molecule has 2 heterocycles. The fraction of sp³-hybridized carbons (Fsp3) is 0.688. The number of halogens is 1. The van der Waals surface area contributed by atoms with Gasteiger partial charge in [0, 0.05) is 13.1 Å². The number of rotatable bonds is 4. The molecule has 1 saturated carbocycles. The van der Waals surface area contributed by atoms with Crippen LogP contribution in [-0.4, -0.2) is 57.5 Å². The van der Waals surface area contributed by atoms with Crippen molar-refractivity contribution < 1.29 is 19.4 Å². The summed E-state index contributed by atoms with van der Waals surface area (Å²) in [4.78, 5) is 20.7. The number of aromatic nitrogens is 2. The number of likely N-dealkylation sites (tertiary alicyclic amines) is 1. The Morgan fingerprint density at radius 3 is 2.25 bits per heavy atom. The van der Waals surface area contributed by atoms with Crippen LogP contribution in [0.5, 0.6) is 5.88 Å². The molecule has 3 rings (SSSR count). The van der Waals surface area contributed by atoms with E-state index in [2.05, 4.69) is 25.9 Å². The second-order valence-electron chi connectivity index (χ2n) is 6.30. The number of piperidine rings is 1. The lowest BCUT2D eigenvalue weighted by molar-refractivity contribution is -0.0644. The number of carbonyl (C=O) groups is 1. The van der Waals surface area contributed by atoms with Gasteiger partial charge in [0.05, 0.1) is 24.6 Å². The highest BCUT2D eigenvalue weighted by atomic mass is 79.9. The van der Waals surface area contributed by atoms with Gasteiger partial charge in [-0.1, -0.05) is 0 Å². The third-order valence-corrected chi connectivity index (χ3v) is 5.01. The minimum atomic E-state index is -0.831. The molecule has 0 aromatic carbocycles. The molecule has 1 saturated heterocycles. The van der Waals surface area contributed by atoms with Gasteiger partial charge in [0.2, 0.25) is 5.88 Å². The fourth-order valence-corrected chi connectivity index (χ4v) is 3.48. The molecule has 1 aromatic heterocycles. The van der Waals surface area contributed by atoms with E-state index in [4.69, 9.17) is 14.6 Å². The van der Waals surface area contributed by atoms with E-state index in [0.29, 0.717) is 23.6 Å². The first-order chi connectivity index (χ1) is 11.6. The summed E-state index contributed by atoms with van der Waals surface area (Å²) in [5.41, 5.74) is 0. The molecule has 1 aliphatic carbocycles. The van der Waals surface area contributed by atoms with Gasteiger partial charge in [-0.3, -0.25) is 0 Å². The highest BCUT2D eigenvalue weighted by Crippen LogP contribution is 2.27. The third-order valence-electron chi connectivity index (χ3n) is 4.60. The van der Waals surface area contributed by atoms with Crippen molar-refractivity contribution in [1.29, 1.82) is 0 Å². The van der Waals surface area contributed by atoms with Gasteiger partial charge in [-0.05, 0) is 54.5 Å². The third kappa shape index (κ3) is 4.80. The van der Waals surface area contributed by atoms with E-state index in [-0.39, 0.29) is 18.3 Å². The maximum absolute atomic E-state index is 10.9. The van der Waals surface area contributed by atoms with Gasteiger partial charge < -0.3 is 19.5 Å². The molecule has 2 fully saturated rings. The van der Waals surface area contributed by atoms with Gasteiger partial charge in [-0.15, -0.1) is 0 Å². The molecule has 132 valence electrons. The molecule has 0 radical (unpaired) electrons.